The summed E-state index contributed by atoms with van der Waals surface area (Å²) in [5.41, 5.74) is 0.688. The predicted octanol–water partition coefficient (Wildman–Crippen LogP) is 3.26. The summed E-state index contributed by atoms with van der Waals surface area (Å²) < 4.78 is 16.7. The zero-order valence-corrected chi connectivity index (χ0v) is 14.8. The smallest absolute Gasteiger partial charge is 0.261 e. The Bertz CT molecular complexity index is 1160. The average molecular weight is 359 g/mol. The molecule has 27 heavy (non-hydrogen) atoms. The Hall–Kier alpha value is -3.00. The van der Waals surface area contributed by atoms with Crippen molar-refractivity contribution in [2.75, 3.05) is 0 Å². The third-order valence-corrected chi connectivity index (χ3v) is 5.53. The van der Waals surface area contributed by atoms with Crippen LogP contribution in [0.2, 0.25) is 0 Å². The van der Waals surface area contributed by atoms with E-state index in [0.29, 0.717) is 35.3 Å². The lowest BCUT2D eigenvalue weighted by Crippen LogP contribution is -2.42. The van der Waals surface area contributed by atoms with Crippen LogP contribution < -0.4 is 5.56 Å². The molecule has 1 aliphatic heterocycles. The van der Waals surface area contributed by atoms with Crippen LogP contribution in [0.15, 0.2) is 47.4 Å². The fourth-order valence-electron chi connectivity index (χ4n) is 3.87. The van der Waals surface area contributed by atoms with Crippen LogP contribution in [0.1, 0.15) is 36.3 Å². The fourth-order valence-corrected chi connectivity index (χ4v) is 3.87. The first-order valence-electron chi connectivity index (χ1n) is 9.28. The second kappa shape index (κ2) is 6.02. The highest BCUT2D eigenvalue weighted by Gasteiger charge is 2.48. The minimum absolute atomic E-state index is 0.109. The summed E-state index contributed by atoms with van der Waals surface area (Å²) in [6.07, 6.45) is 4.52. The molecule has 3 aromatic rings. The van der Waals surface area contributed by atoms with Gasteiger partial charge in [0.15, 0.2) is 0 Å². The fraction of sp³-hybridized carbons (Fsp3) is 0.318. The average Bonchev–Trinajstić information content (AvgIpc) is 3.54. The van der Waals surface area contributed by atoms with Gasteiger partial charge < -0.3 is 0 Å². The maximum atomic E-state index is 15.1. The van der Waals surface area contributed by atoms with Gasteiger partial charge in [0.25, 0.3) is 5.56 Å². The molecule has 134 valence electrons. The van der Waals surface area contributed by atoms with E-state index in [1.165, 1.54) is 0 Å². The van der Waals surface area contributed by atoms with Crippen molar-refractivity contribution in [1.29, 1.82) is 0 Å². The molecule has 2 aliphatic rings. The van der Waals surface area contributed by atoms with Gasteiger partial charge >= 0.3 is 0 Å². The van der Waals surface area contributed by atoms with Crippen LogP contribution in [0.3, 0.4) is 0 Å². The van der Waals surface area contributed by atoms with E-state index in [2.05, 4.69) is 21.8 Å². The van der Waals surface area contributed by atoms with Gasteiger partial charge in [0.2, 0.25) is 0 Å². The van der Waals surface area contributed by atoms with E-state index in [4.69, 9.17) is 0 Å². The second-order valence-electron chi connectivity index (χ2n) is 7.43. The lowest BCUT2D eigenvalue weighted by molar-refractivity contribution is 0.0784. The number of rotatable bonds is 1. The normalized spacial score (nSPS) is 21.4. The maximum absolute atomic E-state index is 15.1. The summed E-state index contributed by atoms with van der Waals surface area (Å²) in [4.78, 5) is 21.7. The van der Waals surface area contributed by atoms with Gasteiger partial charge in [0.1, 0.15) is 17.2 Å². The summed E-state index contributed by atoms with van der Waals surface area (Å²) in [5, 5.41) is 0.516. The summed E-state index contributed by atoms with van der Waals surface area (Å²) in [6, 6.07) is 11.0. The van der Waals surface area contributed by atoms with E-state index >= 15 is 4.39 Å². The second-order valence-corrected chi connectivity index (χ2v) is 7.43. The molecule has 0 N–H and O–H groups in total. The molecule has 1 saturated carbocycles. The van der Waals surface area contributed by atoms with Crippen LogP contribution >= 0.6 is 0 Å². The van der Waals surface area contributed by atoms with Crippen LogP contribution in [-0.4, -0.2) is 20.2 Å². The van der Waals surface area contributed by atoms with Crippen molar-refractivity contribution in [3.05, 3.63) is 70.0 Å². The molecule has 0 spiro atoms. The van der Waals surface area contributed by atoms with Crippen molar-refractivity contribution in [1.82, 2.24) is 14.5 Å². The molecule has 0 saturated heterocycles. The number of aromatic nitrogens is 3. The minimum atomic E-state index is -1.25. The number of fused-ring (bicyclic) bond motifs is 2. The number of nitrogens with zero attached hydrogens (tertiary/aromatic N) is 3. The predicted molar refractivity (Wildman–Crippen MR) is 101 cm³/mol. The molecule has 1 fully saturated rings. The molecule has 0 bridgehead atoms. The maximum Gasteiger partial charge on any atom is 0.261 e. The van der Waals surface area contributed by atoms with Gasteiger partial charge in [0.05, 0.1) is 17.4 Å². The van der Waals surface area contributed by atoms with Crippen LogP contribution in [0.25, 0.3) is 10.9 Å². The quantitative estimate of drug-likeness (QED) is 0.627. The van der Waals surface area contributed by atoms with Gasteiger partial charge in [-0.15, -0.1) is 0 Å². The molecule has 2 aromatic heterocycles. The molecule has 1 aliphatic carbocycles. The molecule has 1 atom stereocenters. The highest BCUT2D eigenvalue weighted by atomic mass is 19.1. The Kier molecular flexibility index (Phi) is 3.61. The van der Waals surface area contributed by atoms with Gasteiger partial charge in [-0.3, -0.25) is 9.36 Å². The number of hydrogen-bond acceptors (Lipinski definition) is 3. The van der Waals surface area contributed by atoms with Crippen molar-refractivity contribution in [2.24, 2.45) is 5.92 Å². The van der Waals surface area contributed by atoms with Crippen molar-refractivity contribution in [3.63, 3.8) is 0 Å². The number of alkyl halides is 1. The summed E-state index contributed by atoms with van der Waals surface area (Å²) in [7, 11) is 0. The van der Waals surface area contributed by atoms with Gasteiger partial charge in [-0.05, 0) is 61.4 Å². The van der Waals surface area contributed by atoms with Crippen LogP contribution in [0.4, 0.5) is 4.39 Å². The Balaban J connectivity index is 1.54. The molecule has 5 heteroatoms. The van der Waals surface area contributed by atoms with E-state index in [-0.39, 0.29) is 18.0 Å². The summed E-state index contributed by atoms with van der Waals surface area (Å²) in [6.45, 7) is 0.135. The highest BCUT2D eigenvalue weighted by Crippen LogP contribution is 2.47. The zero-order valence-electron chi connectivity index (χ0n) is 14.8. The Morgan fingerprint density at radius 3 is 2.85 bits per heavy atom. The minimum Gasteiger partial charge on any atom is -0.293 e. The van der Waals surface area contributed by atoms with Crippen molar-refractivity contribution < 1.29 is 4.39 Å². The first kappa shape index (κ1) is 16.2. The standard InChI is InChI=1S/C22H18FN3O/c23-22(16-6-7-16)11-10-20-25-19-13-15(4-8-17-3-1-2-12-24-17)5-9-18(19)21(27)26(20)14-22/h1-3,5,9,12-13,16H,6-7,10-11,14H2. The van der Waals surface area contributed by atoms with Gasteiger partial charge in [-0.25, -0.2) is 14.4 Å². The van der Waals surface area contributed by atoms with Crippen molar-refractivity contribution in [2.45, 2.75) is 37.9 Å². The Labute approximate surface area is 156 Å². The van der Waals surface area contributed by atoms with Gasteiger partial charge in [-0.1, -0.05) is 12.0 Å². The zero-order chi connectivity index (χ0) is 18.4. The van der Waals surface area contributed by atoms with Crippen LogP contribution in [0, 0.1) is 17.8 Å². The van der Waals surface area contributed by atoms with E-state index in [1.807, 2.05) is 24.3 Å². The molecule has 1 unspecified atom stereocenters. The largest absolute Gasteiger partial charge is 0.293 e. The Morgan fingerprint density at radius 1 is 1.19 bits per heavy atom. The highest BCUT2D eigenvalue weighted by molar-refractivity contribution is 5.79. The SMILES string of the molecule is O=c1c2ccc(C#Cc3ccccn3)cc2nc2n1CC(F)(C1CC1)CC2. The molecule has 5 rings (SSSR count). The third kappa shape index (κ3) is 2.91. The third-order valence-electron chi connectivity index (χ3n) is 5.53. The molecule has 1 aromatic carbocycles. The summed E-state index contributed by atoms with van der Waals surface area (Å²) in [5.74, 6) is 6.86. The molecule has 3 heterocycles. The van der Waals surface area contributed by atoms with Gasteiger partial charge in [-0.2, -0.15) is 0 Å². The number of benzene rings is 1. The first-order valence-corrected chi connectivity index (χ1v) is 9.28. The summed E-state index contributed by atoms with van der Waals surface area (Å²) >= 11 is 0. The lowest BCUT2D eigenvalue weighted by Gasteiger charge is -2.32. The number of halogens is 1. The van der Waals surface area contributed by atoms with E-state index in [0.717, 1.165) is 18.4 Å². The lowest BCUT2D eigenvalue weighted by atomic mass is 9.90. The van der Waals surface area contributed by atoms with Crippen molar-refractivity contribution in [3.8, 4) is 11.8 Å². The molecule has 4 nitrogen and oxygen atoms in total. The monoisotopic (exact) mass is 359 g/mol. The van der Waals surface area contributed by atoms with Crippen molar-refractivity contribution >= 4 is 10.9 Å². The van der Waals surface area contributed by atoms with Gasteiger partial charge in [0, 0.05) is 18.2 Å². The molecular weight excluding hydrogens is 341 g/mol. The first-order chi connectivity index (χ1) is 13.1. The molecule has 0 radical (unpaired) electrons. The van der Waals surface area contributed by atoms with Crippen LogP contribution in [0.5, 0.6) is 0 Å². The van der Waals surface area contributed by atoms with Crippen LogP contribution in [-0.2, 0) is 13.0 Å². The van der Waals surface area contributed by atoms with E-state index < -0.39 is 5.67 Å². The topological polar surface area (TPSA) is 47.8 Å². The Morgan fingerprint density at radius 2 is 2.07 bits per heavy atom. The van der Waals surface area contributed by atoms with E-state index in [9.17, 15) is 4.79 Å². The van der Waals surface area contributed by atoms with E-state index in [1.54, 1.807) is 22.9 Å². The molecular formula is C22H18FN3O. The number of pyridine rings is 1. The number of aryl methyl sites for hydroxylation is 1. The number of hydrogen-bond donors (Lipinski definition) is 0. The molecule has 0 amide bonds.